The Kier molecular flexibility index (Phi) is 6.98. The first-order chi connectivity index (χ1) is 15.9. The molecule has 0 aliphatic carbocycles. The summed E-state index contributed by atoms with van der Waals surface area (Å²) in [4.78, 5) is 27.4. The molecule has 1 aromatic heterocycles. The minimum atomic E-state index is -0.430. The molecule has 2 aromatic carbocycles. The molecule has 0 spiro atoms. The van der Waals surface area contributed by atoms with Crippen LogP contribution in [-0.2, 0) is 16.0 Å². The van der Waals surface area contributed by atoms with Gasteiger partial charge in [-0.3, -0.25) is 14.7 Å². The standard InChI is InChI=1S/C24H25FN4O3S/c1-29(2)23(30)7-8-33-22-11-15(18-12-26-27-13-18)3-5-20(22)28-24(31)17-9-16-10-19(25)4-6-21(16)32-14-17/h3-6,10-13,17H,7-9,14H2,1-2H3,(H,26,27)(H,28,31). The fourth-order valence-electron chi connectivity index (χ4n) is 3.57. The van der Waals surface area contributed by atoms with Gasteiger partial charge in [-0.25, -0.2) is 4.39 Å². The number of nitrogens with one attached hydrogen (secondary N) is 2. The molecule has 0 saturated carbocycles. The fraction of sp³-hybridized carbons (Fsp3) is 0.292. The van der Waals surface area contributed by atoms with E-state index in [2.05, 4.69) is 15.5 Å². The highest BCUT2D eigenvalue weighted by atomic mass is 32.2. The molecule has 0 fully saturated rings. The molecular formula is C24H25FN4O3S. The first-order valence-corrected chi connectivity index (χ1v) is 11.6. The topological polar surface area (TPSA) is 87.3 Å². The Bertz CT molecular complexity index is 1150. The van der Waals surface area contributed by atoms with Crippen molar-refractivity contribution in [2.45, 2.75) is 17.7 Å². The van der Waals surface area contributed by atoms with E-state index in [1.807, 2.05) is 18.2 Å². The van der Waals surface area contributed by atoms with Crippen molar-refractivity contribution >= 4 is 29.3 Å². The minimum Gasteiger partial charge on any atom is -0.492 e. The molecular weight excluding hydrogens is 443 g/mol. The largest absolute Gasteiger partial charge is 0.492 e. The maximum Gasteiger partial charge on any atom is 0.231 e. The van der Waals surface area contributed by atoms with Crippen molar-refractivity contribution < 1.29 is 18.7 Å². The molecule has 0 saturated heterocycles. The summed E-state index contributed by atoms with van der Waals surface area (Å²) < 4.78 is 19.3. The van der Waals surface area contributed by atoms with Crippen LogP contribution in [0.25, 0.3) is 11.1 Å². The number of carbonyl (C=O) groups excluding carboxylic acids is 2. The molecule has 4 rings (SSSR count). The van der Waals surface area contributed by atoms with Gasteiger partial charge in [0.15, 0.2) is 0 Å². The number of aromatic amines is 1. The van der Waals surface area contributed by atoms with Gasteiger partial charge in [-0.2, -0.15) is 5.10 Å². The number of halogens is 1. The number of ether oxygens (including phenoxy) is 1. The Hall–Kier alpha value is -3.33. The third-order valence-electron chi connectivity index (χ3n) is 5.44. The highest BCUT2D eigenvalue weighted by Gasteiger charge is 2.27. The lowest BCUT2D eigenvalue weighted by molar-refractivity contribution is -0.128. The molecule has 172 valence electrons. The van der Waals surface area contributed by atoms with Gasteiger partial charge in [0.1, 0.15) is 18.2 Å². The van der Waals surface area contributed by atoms with Gasteiger partial charge in [0.2, 0.25) is 11.8 Å². The maximum atomic E-state index is 13.6. The van der Waals surface area contributed by atoms with Gasteiger partial charge in [0.05, 0.1) is 17.8 Å². The van der Waals surface area contributed by atoms with Crippen LogP contribution in [0.3, 0.4) is 0 Å². The van der Waals surface area contributed by atoms with Gasteiger partial charge in [-0.1, -0.05) is 6.07 Å². The van der Waals surface area contributed by atoms with E-state index in [4.69, 9.17) is 4.74 Å². The lowest BCUT2D eigenvalue weighted by Gasteiger charge is -2.25. The monoisotopic (exact) mass is 468 g/mol. The van der Waals surface area contributed by atoms with Crippen molar-refractivity contribution in [2.24, 2.45) is 5.92 Å². The van der Waals surface area contributed by atoms with Crippen LogP contribution in [0.15, 0.2) is 53.7 Å². The number of amides is 2. The van der Waals surface area contributed by atoms with E-state index in [1.165, 1.54) is 23.9 Å². The van der Waals surface area contributed by atoms with E-state index in [0.29, 0.717) is 35.6 Å². The number of rotatable bonds is 7. The third kappa shape index (κ3) is 5.54. The van der Waals surface area contributed by atoms with Gasteiger partial charge < -0.3 is 15.0 Å². The van der Waals surface area contributed by atoms with E-state index in [-0.39, 0.29) is 24.2 Å². The SMILES string of the molecule is CN(C)C(=O)CCSc1cc(-c2cn[nH]c2)ccc1NC(=O)C1COc2ccc(F)cc2C1. The van der Waals surface area contributed by atoms with Crippen LogP contribution < -0.4 is 10.1 Å². The molecule has 1 aliphatic heterocycles. The number of hydrogen-bond donors (Lipinski definition) is 2. The van der Waals surface area contributed by atoms with Gasteiger partial charge in [0, 0.05) is 42.9 Å². The summed E-state index contributed by atoms with van der Waals surface area (Å²) in [7, 11) is 3.46. The van der Waals surface area contributed by atoms with Crippen molar-refractivity contribution in [1.29, 1.82) is 0 Å². The van der Waals surface area contributed by atoms with Crippen LogP contribution >= 0.6 is 11.8 Å². The summed E-state index contributed by atoms with van der Waals surface area (Å²) in [5.74, 6) is 0.275. The van der Waals surface area contributed by atoms with Crippen LogP contribution in [0.5, 0.6) is 5.75 Å². The van der Waals surface area contributed by atoms with Crippen molar-refractivity contribution in [2.75, 3.05) is 31.8 Å². The van der Waals surface area contributed by atoms with Gasteiger partial charge >= 0.3 is 0 Å². The van der Waals surface area contributed by atoms with Crippen LogP contribution in [-0.4, -0.2) is 53.4 Å². The average Bonchev–Trinajstić information content (AvgIpc) is 3.34. The average molecular weight is 469 g/mol. The number of aromatic nitrogens is 2. The second-order valence-corrected chi connectivity index (χ2v) is 9.17. The van der Waals surface area contributed by atoms with E-state index in [0.717, 1.165) is 16.0 Å². The molecule has 33 heavy (non-hydrogen) atoms. The molecule has 2 N–H and O–H groups in total. The van der Waals surface area contributed by atoms with E-state index in [1.54, 1.807) is 37.5 Å². The van der Waals surface area contributed by atoms with Crippen molar-refractivity contribution in [3.63, 3.8) is 0 Å². The summed E-state index contributed by atoms with van der Waals surface area (Å²) in [5, 5.41) is 9.81. The quantitative estimate of drug-likeness (QED) is 0.513. The zero-order chi connectivity index (χ0) is 23.4. The van der Waals surface area contributed by atoms with E-state index >= 15 is 0 Å². The van der Waals surface area contributed by atoms with Gasteiger partial charge in [0.25, 0.3) is 0 Å². The number of nitrogens with zero attached hydrogens (tertiary/aromatic N) is 2. The van der Waals surface area contributed by atoms with Crippen molar-refractivity contribution in [3.8, 4) is 16.9 Å². The highest BCUT2D eigenvalue weighted by molar-refractivity contribution is 7.99. The molecule has 2 heterocycles. The summed E-state index contributed by atoms with van der Waals surface area (Å²) in [6.45, 7) is 0.234. The Morgan fingerprint density at radius 1 is 1.24 bits per heavy atom. The Morgan fingerprint density at radius 2 is 2.09 bits per heavy atom. The number of anilines is 1. The number of thioether (sulfide) groups is 1. The van der Waals surface area contributed by atoms with E-state index in [9.17, 15) is 14.0 Å². The van der Waals surface area contributed by atoms with Crippen LogP contribution in [0.4, 0.5) is 10.1 Å². The smallest absolute Gasteiger partial charge is 0.231 e. The molecule has 1 aliphatic rings. The first kappa shape index (κ1) is 22.8. The van der Waals surface area contributed by atoms with Crippen LogP contribution in [0.2, 0.25) is 0 Å². The molecule has 7 nitrogen and oxygen atoms in total. The summed E-state index contributed by atoms with van der Waals surface area (Å²) in [6.07, 6.45) is 4.33. The molecule has 0 bridgehead atoms. The zero-order valence-corrected chi connectivity index (χ0v) is 19.2. The van der Waals surface area contributed by atoms with Gasteiger partial charge in [-0.15, -0.1) is 11.8 Å². The van der Waals surface area contributed by atoms with Crippen LogP contribution in [0, 0.1) is 11.7 Å². The number of benzene rings is 2. The normalized spacial score (nSPS) is 14.8. The molecule has 3 aromatic rings. The first-order valence-electron chi connectivity index (χ1n) is 10.6. The predicted octanol–water partition coefficient (Wildman–Crippen LogP) is 3.98. The Morgan fingerprint density at radius 3 is 2.85 bits per heavy atom. The van der Waals surface area contributed by atoms with E-state index < -0.39 is 5.92 Å². The summed E-state index contributed by atoms with van der Waals surface area (Å²) in [6, 6.07) is 10.1. The molecule has 2 amide bonds. The second-order valence-electron chi connectivity index (χ2n) is 8.04. The predicted molar refractivity (Wildman–Crippen MR) is 126 cm³/mol. The summed E-state index contributed by atoms with van der Waals surface area (Å²) in [5.41, 5.74) is 3.24. The van der Waals surface area contributed by atoms with Crippen LogP contribution in [0.1, 0.15) is 12.0 Å². The Balaban J connectivity index is 1.50. The summed E-state index contributed by atoms with van der Waals surface area (Å²) >= 11 is 1.51. The maximum absolute atomic E-state index is 13.6. The lowest BCUT2D eigenvalue weighted by Crippen LogP contribution is -2.32. The van der Waals surface area contributed by atoms with Crippen molar-refractivity contribution in [1.82, 2.24) is 15.1 Å². The number of H-pyrrole nitrogens is 1. The highest BCUT2D eigenvalue weighted by Crippen LogP contribution is 2.34. The molecule has 9 heteroatoms. The molecule has 1 unspecified atom stereocenters. The lowest BCUT2D eigenvalue weighted by atomic mass is 9.96. The number of fused-ring (bicyclic) bond motifs is 1. The fourth-order valence-corrected chi connectivity index (χ4v) is 4.55. The molecule has 1 atom stereocenters. The van der Waals surface area contributed by atoms with Crippen molar-refractivity contribution in [3.05, 3.63) is 60.2 Å². The second kappa shape index (κ2) is 10.1. The Labute approximate surface area is 195 Å². The third-order valence-corrected chi connectivity index (χ3v) is 6.50. The number of carbonyl (C=O) groups is 2. The zero-order valence-electron chi connectivity index (χ0n) is 18.4. The minimum absolute atomic E-state index is 0.0457. The molecule has 0 radical (unpaired) electrons. The number of hydrogen-bond acceptors (Lipinski definition) is 5. The van der Waals surface area contributed by atoms with Gasteiger partial charge in [-0.05, 0) is 47.9 Å².